The van der Waals surface area contributed by atoms with Gasteiger partial charge in [-0.2, -0.15) is 0 Å². The summed E-state index contributed by atoms with van der Waals surface area (Å²) in [5.74, 6) is 0.630. The van der Waals surface area contributed by atoms with Gasteiger partial charge in [0.05, 0.1) is 12.5 Å². The average Bonchev–Trinajstić information content (AvgIpc) is 3.04. The molecule has 1 heterocycles. The lowest BCUT2D eigenvalue weighted by atomic mass is 9.82. The van der Waals surface area contributed by atoms with Gasteiger partial charge in [0.2, 0.25) is 0 Å². The molecule has 1 aromatic heterocycles. The second-order valence-corrected chi connectivity index (χ2v) is 7.77. The number of hydrogen-bond donors (Lipinski definition) is 0. The predicted molar refractivity (Wildman–Crippen MR) is 122 cm³/mol. The fraction of sp³-hybridized carbons (Fsp3) is 0.280. The number of Topliss-reactive ketones (excluding diaryl/α,β-unsaturated/α-hetero) is 1. The Morgan fingerprint density at radius 3 is 2.43 bits per heavy atom. The van der Waals surface area contributed by atoms with E-state index in [1.807, 2.05) is 48.7 Å². The maximum absolute atomic E-state index is 13.5. The monoisotopic (exact) mass is 422 g/mol. The zero-order valence-electron chi connectivity index (χ0n) is 17.3. The number of carbonyl (C=O) groups excluding carboxylic acids is 1. The van der Waals surface area contributed by atoms with Gasteiger partial charge in [0, 0.05) is 30.4 Å². The lowest BCUT2D eigenvalue weighted by Crippen LogP contribution is -2.15. The molecule has 3 aromatic rings. The van der Waals surface area contributed by atoms with Crippen LogP contribution in [0.25, 0.3) is 0 Å². The molecule has 2 aromatic carbocycles. The first-order valence-electron chi connectivity index (χ1n) is 10.1. The van der Waals surface area contributed by atoms with Crippen LogP contribution in [0.4, 0.5) is 0 Å². The number of fused-ring (bicyclic) bond motifs is 1. The number of ether oxygens (including phenoxy) is 1. The van der Waals surface area contributed by atoms with Gasteiger partial charge in [-0.05, 0) is 55.4 Å². The average molecular weight is 423 g/mol. The normalized spacial score (nSPS) is 17.5. The quantitative estimate of drug-likeness (QED) is 0.505. The van der Waals surface area contributed by atoms with Gasteiger partial charge in [-0.15, -0.1) is 12.4 Å². The lowest BCUT2D eigenvalue weighted by Gasteiger charge is -2.20. The minimum Gasteiger partial charge on any atom is -0.494 e. The summed E-state index contributed by atoms with van der Waals surface area (Å²) < 4.78 is 5.92. The maximum atomic E-state index is 13.5. The number of rotatable bonds is 7. The number of ketones is 1. The van der Waals surface area contributed by atoms with E-state index in [1.165, 1.54) is 0 Å². The highest BCUT2D eigenvalue weighted by atomic mass is 35.5. The molecule has 0 saturated carbocycles. The molecule has 5 heteroatoms. The number of benzene rings is 2. The minimum absolute atomic E-state index is 0. The van der Waals surface area contributed by atoms with Crippen molar-refractivity contribution in [2.75, 3.05) is 27.2 Å². The number of hydrogen-bond acceptors (Lipinski definition) is 4. The second kappa shape index (κ2) is 9.88. The first-order valence-corrected chi connectivity index (χ1v) is 10.1. The molecule has 0 amide bonds. The SMILES string of the molecule is CN(C)CCCOc1ccc2c(c1)C(=O)C(c1cccnc1)C2c1ccccc1.Cl. The number of pyridine rings is 1. The van der Waals surface area contributed by atoms with E-state index in [9.17, 15) is 4.79 Å². The first-order chi connectivity index (χ1) is 14.1. The Kier molecular flexibility index (Phi) is 7.24. The van der Waals surface area contributed by atoms with E-state index in [2.05, 4.69) is 42.2 Å². The number of carbonyl (C=O) groups is 1. The molecule has 0 spiro atoms. The molecule has 4 nitrogen and oxygen atoms in total. The Morgan fingerprint density at radius 1 is 0.967 bits per heavy atom. The molecule has 1 aliphatic rings. The molecule has 0 radical (unpaired) electrons. The Bertz CT molecular complexity index is 977. The molecular weight excluding hydrogens is 396 g/mol. The van der Waals surface area contributed by atoms with Gasteiger partial charge in [-0.25, -0.2) is 0 Å². The highest BCUT2D eigenvalue weighted by Gasteiger charge is 2.41. The summed E-state index contributed by atoms with van der Waals surface area (Å²) in [5.41, 5.74) is 3.93. The largest absolute Gasteiger partial charge is 0.494 e. The van der Waals surface area contributed by atoms with Gasteiger partial charge in [-0.3, -0.25) is 9.78 Å². The van der Waals surface area contributed by atoms with Crippen molar-refractivity contribution < 1.29 is 9.53 Å². The molecule has 2 unspecified atom stereocenters. The molecule has 0 aliphatic heterocycles. The summed E-state index contributed by atoms with van der Waals surface area (Å²) >= 11 is 0. The van der Waals surface area contributed by atoms with Crippen molar-refractivity contribution >= 4 is 18.2 Å². The Labute approximate surface area is 184 Å². The van der Waals surface area contributed by atoms with Crippen LogP contribution in [0.5, 0.6) is 5.75 Å². The van der Waals surface area contributed by atoms with Gasteiger partial charge < -0.3 is 9.64 Å². The standard InChI is InChI=1S/C25H26N2O2.ClH/c1-27(2)14-7-15-29-20-11-12-21-22(16-20)25(28)24(19-10-6-13-26-17-19)23(21)18-8-4-3-5-9-18;/h3-6,8-13,16-17,23-24H,7,14-15H2,1-2H3;1H. The molecule has 0 fully saturated rings. The molecule has 0 bridgehead atoms. The molecule has 0 saturated heterocycles. The maximum Gasteiger partial charge on any atom is 0.171 e. The summed E-state index contributed by atoms with van der Waals surface area (Å²) in [6, 6.07) is 20.1. The van der Waals surface area contributed by atoms with Crippen LogP contribution < -0.4 is 4.74 Å². The van der Waals surface area contributed by atoms with E-state index in [0.717, 1.165) is 41.0 Å². The van der Waals surface area contributed by atoms with Crippen LogP contribution >= 0.6 is 12.4 Å². The minimum atomic E-state index is -0.259. The fourth-order valence-electron chi connectivity index (χ4n) is 4.12. The molecule has 1 aliphatic carbocycles. The molecule has 0 N–H and O–H groups in total. The topological polar surface area (TPSA) is 42.4 Å². The molecule has 4 rings (SSSR count). The zero-order chi connectivity index (χ0) is 20.2. The van der Waals surface area contributed by atoms with Crippen molar-refractivity contribution in [3.05, 3.63) is 95.3 Å². The summed E-state index contributed by atoms with van der Waals surface area (Å²) in [5, 5.41) is 0. The van der Waals surface area contributed by atoms with Crippen molar-refractivity contribution in [3.8, 4) is 5.75 Å². The highest BCUT2D eigenvalue weighted by Crippen LogP contribution is 2.48. The van der Waals surface area contributed by atoms with Crippen LogP contribution in [-0.2, 0) is 0 Å². The van der Waals surface area contributed by atoms with E-state index >= 15 is 0 Å². The van der Waals surface area contributed by atoms with Crippen LogP contribution in [0.15, 0.2) is 73.1 Å². The summed E-state index contributed by atoms with van der Waals surface area (Å²) in [4.78, 5) is 19.9. The predicted octanol–water partition coefficient (Wildman–Crippen LogP) is 4.95. The molecule has 30 heavy (non-hydrogen) atoms. The fourth-order valence-corrected chi connectivity index (χ4v) is 4.12. The molecule has 156 valence electrons. The van der Waals surface area contributed by atoms with E-state index in [-0.39, 0.29) is 30.0 Å². The second-order valence-electron chi connectivity index (χ2n) is 7.77. The molecule has 2 atom stereocenters. The third kappa shape index (κ3) is 4.55. The summed E-state index contributed by atoms with van der Waals surface area (Å²) in [6.45, 7) is 1.61. The van der Waals surface area contributed by atoms with E-state index in [0.29, 0.717) is 6.61 Å². The van der Waals surface area contributed by atoms with Gasteiger partial charge in [0.15, 0.2) is 5.78 Å². The number of aromatic nitrogens is 1. The highest BCUT2D eigenvalue weighted by molar-refractivity contribution is 6.07. The van der Waals surface area contributed by atoms with Crippen molar-refractivity contribution in [3.63, 3.8) is 0 Å². The van der Waals surface area contributed by atoms with Gasteiger partial charge in [-0.1, -0.05) is 42.5 Å². The van der Waals surface area contributed by atoms with Crippen LogP contribution in [-0.4, -0.2) is 42.9 Å². The van der Waals surface area contributed by atoms with Crippen LogP contribution in [0, 0.1) is 0 Å². The van der Waals surface area contributed by atoms with Gasteiger partial charge in [0.25, 0.3) is 0 Å². The zero-order valence-corrected chi connectivity index (χ0v) is 18.1. The Morgan fingerprint density at radius 2 is 1.73 bits per heavy atom. The summed E-state index contributed by atoms with van der Waals surface area (Å²) in [7, 11) is 4.10. The van der Waals surface area contributed by atoms with Crippen LogP contribution in [0.1, 0.15) is 45.3 Å². The Hall–Kier alpha value is -2.69. The third-order valence-electron chi connectivity index (χ3n) is 5.46. The smallest absolute Gasteiger partial charge is 0.171 e. The van der Waals surface area contributed by atoms with Gasteiger partial charge >= 0.3 is 0 Å². The van der Waals surface area contributed by atoms with Crippen LogP contribution in [0.3, 0.4) is 0 Å². The van der Waals surface area contributed by atoms with E-state index in [4.69, 9.17) is 4.74 Å². The first kappa shape index (κ1) is 22.0. The number of halogens is 1. The Balaban J connectivity index is 0.00000256. The van der Waals surface area contributed by atoms with Crippen molar-refractivity contribution in [1.82, 2.24) is 9.88 Å². The lowest BCUT2D eigenvalue weighted by molar-refractivity contribution is 0.0967. The summed E-state index contributed by atoms with van der Waals surface area (Å²) in [6.07, 6.45) is 4.50. The third-order valence-corrected chi connectivity index (χ3v) is 5.46. The number of nitrogens with zero attached hydrogens (tertiary/aromatic N) is 2. The van der Waals surface area contributed by atoms with Crippen molar-refractivity contribution in [1.29, 1.82) is 0 Å². The van der Waals surface area contributed by atoms with E-state index in [1.54, 1.807) is 6.20 Å². The molecular formula is C25H27ClN2O2. The van der Waals surface area contributed by atoms with Gasteiger partial charge in [0.1, 0.15) is 5.75 Å². The van der Waals surface area contributed by atoms with Crippen molar-refractivity contribution in [2.24, 2.45) is 0 Å². The van der Waals surface area contributed by atoms with Crippen molar-refractivity contribution in [2.45, 2.75) is 18.3 Å². The van der Waals surface area contributed by atoms with E-state index < -0.39 is 0 Å². The van der Waals surface area contributed by atoms with Crippen LogP contribution in [0.2, 0.25) is 0 Å².